The summed E-state index contributed by atoms with van der Waals surface area (Å²) in [4.78, 5) is 14.7. The van der Waals surface area contributed by atoms with Gasteiger partial charge < -0.3 is 5.11 Å². The fourth-order valence-electron chi connectivity index (χ4n) is 3.80. The highest BCUT2D eigenvalue weighted by Gasteiger charge is 2.29. The monoisotopic (exact) mass is 327 g/mol. The van der Waals surface area contributed by atoms with Gasteiger partial charge in [-0.2, -0.15) is 4.39 Å². The molecule has 1 aliphatic rings. The van der Waals surface area contributed by atoms with Gasteiger partial charge in [0.05, 0.1) is 5.56 Å². The number of halogens is 1. The molecular formula is C20H22FNO2. The summed E-state index contributed by atoms with van der Waals surface area (Å²) in [6.45, 7) is 2.20. The van der Waals surface area contributed by atoms with Crippen molar-refractivity contribution in [3.8, 4) is 0 Å². The van der Waals surface area contributed by atoms with Gasteiger partial charge in [-0.05, 0) is 72.8 Å². The lowest BCUT2D eigenvalue weighted by Crippen LogP contribution is -2.08. The van der Waals surface area contributed by atoms with Crippen LogP contribution < -0.4 is 0 Å². The lowest BCUT2D eigenvalue weighted by Gasteiger charge is -2.19. The zero-order valence-corrected chi connectivity index (χ0v) is 13.8. The molecule has 1 aromatic heterocycles. The molecule has 1 aromatic carbocycles. The summed E-state index contributed by atoms with van der Waals surface area (Å²) >= 11 is 0. The van der Waals surface area contributed by atoms with Crippen LogP contribution in [0.15, 0.2) is 42.6 Å². The van der Waals surface area contributed by atoms with E-state index in [1.807, 2.05) is 18.2 Å². The fraction of sp³-hybridized carbons (Fsp3) is 0.400. The number of rotatable bonds is 5. The Bertz CT molecular complexity index is 697. The molecule has 1 N–H and O–H groups in total. The topological polar surface area (TPSA) is 50.2 Å². The normalized spacial score (nSPS) is 21.6. The molecule has 1 heterocycles. The number of nitrogens with zero attached hydrogens (tertiary/aromatic N) is 1. The average Bonchev–Trinajstić information content (AvgIpc) is 3.04. The zero-order valence-electron chi connectivity index (χ0n) is 13.8. The number of carboxylic acids is 1. The van der Waals surface area contributed by atoms with Crippen molar-refractivity contribution in [2.75, 3.05) is 0 Å². The number of hydrogen-bond acceptors (Lipinski definition) is 2. The number of aromatic carboxylic acids is 1. The van der Waals surface area contributed by atoms with E-state index in [0.29, 0.717) is 23.3 Å². The van der Waals surface area contributed by atoms with Gasteiger partial charge in [-0.3, -0.25) is 0 Å². The van der Waals surface area contributed by atoms with Crippen LogP contribution in [0.1, 0.15) is 53.6 Å². The maximum Gasteiger partial charge on any atom is 0.335 e. The van der Waals surface area contributed by atoms with E-state index in [2.05, 4.69) is 11.9 Å². The molecule has 3 nitrogen and oxygen atoms in total. The maximum absolute atomic E-state index is 13.0. The minimum Gasteiger partial charge on any atom is -0.478 e. The van der Waals surface area contributed by atoms with Crippen molar-refractivity contribution >= 4 is 5.97 Å². The van der Waals surface area contributed by atoms with Crippen LogP contribution in [-0.4, -0.2) is 16.1 Å². The quantitative estimate of drug-likeness (QED) is 0.811. The lowest BCUT2D eigenvalue weighted by atomic mass is 9.86. The largest absolute Gasteiger partial charge is 0.478 e. The van der Waals surface area contributed by atoms with E-state index in [9.17, 15) is 9.18 Å². The first-order valence-electron chi connectivity index (χ1n) is 8.46. The SMILES string of the molecule is C[C@H](c1ccc(F)nc1)[C@H]1CCC(Cc2ccc(C(=O)O)cc2)C1. The standard InChI is InChI=1S/C20H22FNO2/c1-13(18-8-9-19(21)22-12-18)17-7-4-15(11-17)10-14-2-5-16(6-3-14)20(23)24/h2-3,5-6,8-9,12-13,15,17H,4,7,10-11H2,1H3,(H,23,24)/t13-,15?,17-/m0/s1. The molecule has 0 saturated heterocycles. The van der Waals surface area contributed by atoms with Crippen molar-refractivity contribution in [1.82, 2.24) is 4.98 Å². The maximum atomic E-state index is 13.0. The lowest BCUT2D eigenvalue weighted by molar-refractivity contribution is 0.0697. The predicted molar refractivity (Wildman–Crippen MR) is 90.5 cm³/mol. The Balaban J connectivity index is 1.58. The van der Waals surface area contributed by atoms with Crippen LogP contribution in [0, 0.1) is 17.8 Å². The first-order valence-corrected chi connectivity index (χ1v) is 8.46. The van der Waals surface area contributed by atoms with Crippen LogP contribution in [0.4, 0.5) is 4.39 Å². The van der Waals surface area contributed by atoms with Crippen LogP contribution >= 0.6 is 0 Å². The highest BCUT2D eigenvalue weighted by molar-refractivity contribution is 5.87. The number of aromatic nitrogens is 1. The third-order valence-corrected chi connectivity index (χ3v) is 5.29. The number of carbonyl (C=O) groups is 1. The van der Waals surface area contributed by atoms with Gasteiger partial charge in [0.2, 0.25) is 5.95 Å². The van der Waals surface area contributed by atoms with Gasteiger partial charge in [-0.15, -0.1) is 0 Å². The summed E-state index contributed by atoms with van der Waals surface area (Å²) in [7, 11) is 0. The minimum absolute atomic E-state index is 0.334. The number of carboxylic acid groups (broad SMARTS) is 1. The summed E-state index contributed by atoms with van der Waals surface area (Å²) in [6.07, 6.45) is 6.16. The molecule has 4 heteroatoms. The van der Waals surface area contributed by atoms with Crippen LogP contribution in [-0.2, 0) is 6.42 Å². The molecule has 1 saturated carbocycles. The molecule has 0 spiro atoms. The molecule has 3 rings (SSSR count). The summed E-state index contributed by atoms with van der Waals surface area (Å²) in [6, 6.07) is 10.5. The molecule has 126 valence electrons. The first-order chi connectivity index (χ1) is 11.5. The number of pyridine rings is 1. The van der Waals surface area contributed by atoms with Crippen molar-refractivity contribution < 1.29 is 14.3 Å². The highest BCUT2D eigenvalue weighted by Crippen LogP contribution is 2.41. The van der Waals surface area contributed by atoms with E-state index in [-0.39, 0.29) is 0 Å². The Morgan fingerprint density at radius 1 is 1.25 bits per heavy atom. The Morgan fingerprint density at radius 3 is 2.62 bits per heavy atom. The van der Waals surface area contributed by atoms with Gasteiger partial charge in [0.25, 0.3) is 0 Å². The molecular weight excluding hydrogens is 305 g/mol. The Morgan fingerprint density at radius 2 is 2.00 bits per heavy atom. The summed E-state index contributed by atoms with van der Waals surface area (Å²) in [5.74, 6) is 0.295. The average molecular weight is 327 g/mol. The van der Waals surface area contributed by atoms with Gasteiger partial charge in [-0.25, -0.2) is 9.78 Å². The predicted octanol–water partition coefficient (Wildman–Crippen LogP) is 4.68. The van der Waals surface area contributed by atoms with Gasteiger partial charge in [0.15, 0.2) is 0 Å². The molecule has 1 fully saturated rings. The third-order valence-electron chi connectivity index (χ3n) is 5.29. The second-order valence-electron chi connectivity index (χ2n) is 6.85. The van der Waals surface area contributed by atoms with Crippen molar-refractivity contribution in [2.45, 2.75) is 38.5 Å². The van der Waals surface area contributed by atoms with E-state index in [0.717, 1.165) is 18.4 Å². The van der Waals surface area contributed by atoms with Crippen molar-refractivity contribution in [3.05, 3.63) is 65.2 Å². The Kier molecular flexibility index (Phi) is 4.93. The molecule has 3 atom stereocenters. The van der Waals surface area contributed by atoms with Crippen molar-refractivity contribution in [2.24, 2.45) is 11.8 Å². The molecule has 2 aromatic rings. The van der Waals surface area contributed by atoms with Gasteiger partial charge in [0.1, 0.15) is 0 Å². The van der Waals surface area contributed by atoms with Crippen LogP contribution in [0.25, 0.3) is 0 Å². The third kappa shape index (κ3) is 3.81. The second-order valence-corrected chi connectivity index (χ2v) is 6.85. The van der Waals surface area contributed by atoms with E-state index in [1.54, 1.807) is 18.3 Å². The van der Waals surface area contributed by atoms with E-state index >= 15 is 0 Å². The summed E-state index contributed by atoms with van der Waals surface area (Å²) < 4.78 is 13.0. The Labute approximate surface area is 141 Å². The zero-order chi connectivity index (χ0) is 17.1. The first kappa shape index (κ1) is 16.6. The van der Waals surface area contributed by atoms with Gasteiger partial charge >= 0.3 is 5.97 Å². The molecule has 0 amide bonds. The number of hydrogen-bond donors (Lipinski definition) is 1. The highest BCUT2D eigenvalue weighted by atomic mass is 19.1. The van der Waals surface area contributed by atoms with Crippen LogP contribution in [0.5, 0.6) is 0 Å². The number of benzene rings is 1. The molecule has 0 aliphatic heterocycles. The van der Waals surface area contributed by atoms with E-state index in [1.165, 1.54) is 24.5 Å². The molecule has 0 radical (unpaired) electrons. The van der Waals surface area contributed by atoms with Crippen LogP contribution in [0.3, 0.4) is 0 Å². The molecule has 24 heavy (non-hydrogen) atoms. The molecule has 0 bridgehead atoms. The van der Waals surface area contributed by atoms with E-state index in [4.69, 9.17) is 5.11 Å². The fourth-order valence-corrected chi connectivity index (χ4v) is 3.80. The van der Waals surface area contributed by atoms with Gasteiger partial charge in [-0.1, -0.05) is 25.1 Å². The van der Waals surface area contributed by atoms with Crippen molar-refractivity contribution in [3.63, 3.8) is 0 Å². The van der Waals surface area contributed by atoms with E-state index < -0.39 is 11.9 Å². The van der Waals surface area contributed by atoms with Crippen molar-refractivity contribution in [1.29, 1.82) is 0 Å². The summed E-state index contributed by atoms with van der Waals surface area (Å²) in [5.41, 5.74) is 2.63. The smallest absolute Gasteiger partial charge is 0.335 e. The minimum atomic E-state index is -0.885. The Hall–Kier alpha value is -2.23. The molecule has 1 aliphatic carbocycles. The summed E-state index contributed by atoms with van der Waals surface area (Å²) in [5, 5.41) is 8.95. The van der Waals surface area contributed by atoms with Crippen LogP contribution in [0.2, 0.25) is 0 Å². The second kappa shape index (κ2) is 7.12. The van der Waals surface area contributed by atoms with Gasteiger partial charge in [0, 0.05) is 6.20 Å². The molecule has 1 unspecified atom stereocenters.